The summed E-state index contributed by atoms with van der Waals surface area (Å²) in [5.74, 6) is -1.07. The Morgan fingerprint density at radius 2 is 2.20 bits per heavy atom. The fourth-order valence-electron chi connectivity index (χ4n) is 1.95. The van der Waals surface area contributed by atoms with Crippen LogP contribution in [-0.4, -0.2) is 24.2 Å². The topological polar surface area (TPSA) is 49.3 Å². The number of hydrogen-bond acceptors (Lipinski definition) is 2. The van der Waals surface area contributed by atoms with Crippen LogP contribution in [0.1, 0.15) is 22.3 Å². The highest BCUT2D eigenvalue weighted by Crippen LogP contribution is 2.34. The number of carboxylic acid groups (broad SMARTS) is 1. The van der Waals surface area contributed by atoms with Gasteiger partial charge in [-0.15, -0.1) is 0 Å². The molecule has 2 rings (SSSR count). The van der Waals surface area contributed by atoms with Crippen molar-refractivity contribution in [1.29, 1.82) is 0 Å². The van der Waals surface area contributed by atoms with Gasteiger partial charge in [0.2, 0.25) is 0 Å². The van der Waals surface area contributed by atoms with Crippen molar-refractivity contribution < 1.29 is 14.3 Å². The van der Waals surface area contributed by atoms with Crippen LogP contribution in [0.3, 0.4) is 0 Å². The highest BCUT2D eigenvalue weighted by molar-refractivity contribution is 5.89. The molecule has 0 bridgehead atoms. The lowest BCUT2D eigenvalue weighted by Crippen LogP contribution is -2.25. The molecule has 0 spiro atoms. The molecule has 0 radical (unpaired) electrons. The van der Waals surface area contributed by atoms with E-state index in [2.05, 4.69) is 5.32 Å². The molecule has 1 aliphatic rings. The number of alkyl halides is 1. The third-order valence-electron chi connectivity index (χ3n) is 2.74. The molecule has 1 saturated heterocycles. The minimum absolute atomic E-state index is 0.0590. The second kappa shape index (κ2) is 3.62. The van der Waals surface area contributed by atoms with Crippen LogP contribution in [0.5, 0.6) is 0 Å². The molecule has 15 heavy (non-hydrogen) atoms. The maximum Gasteiger partial charge on any atom is 0.336 e. The molecule has 1 heterocycles. The first-order valence-corrected chi connectivity index (χ1v) is 4.86. The molecule has 1 aliphatic heterocycles. The summed E-state index contributed by atoms with van der Waals surface area (Å²) >= 11 is 0. The van der Waals surface area contributed by atoms with Gasteiger partial charge >= 0.3 is 5.97 Å². The zero-order chi connectivity index (χ0) is 10.9. The van der Waals surface area contributed by atoms with Gasteiger partial charge in [0.1, 0.15) is 5.67 Å². The standard InChI is InChI=1S/C11H12FNO2/c12-11(5-6-13-7-11)9-4-2-1-3-8(9)10(14)15/h1-4,13H,5-7H2,(H,14,15). The first-order valence-electron chi connectivity index (χ1n) is 4.86. The maximum atomic E-state index is 14.3. The van der Waals surface area contributed by atoms with Crippen molar-refractivity contribution in [2.24, 2.45) is 0 Å². The Hall–Kier alpha value is -1.42. The van der Waals surface area contributed by atoms with Crippen LogP contribution in [0, 0.1) is 0 Å². The Kier molecular flexibility index (Phi) is 2.44. The molecule has 0 saturated carbocycles. The number of carbonyl (C=O) groups is 1. The van der Waals surface area contributed by atoms with Crippen molar-refractivity contribution in [1.82, 2.24) is 5.32 Å². The second-order valence-corrected chi connectivity index (χ2v) is 3.74. The van der Waals surface area contributed by atoms with Crippen molar-refractivity contribution in [2.75, 3.05) is 13.1 Å². The number of nitrogens with one attached hydrogen (secondary N) is 1. The van der Waals surface area contributed by atoms with E-state index >= 15 is 0 Å². The maximum absolute atomic E-state index is 14.3. The fraction of sp³-hybridized carbons (Fsp3) is 0.364. The first kappa shape index (κ1) is 10.1. The quantitative estimate of drug-likeness (QED) is 0.776. The van der Waals surface area contributed by atoms with E-state index in [4.69, 9.17) is 5.11 Å². The van der Waals surface area contributed by atoms with Crippen molar-refractivity contribution in [3.8, 4) is 0 Å². The van der Waals surface area contributed by atoms with Crippen LogP contribution in [0.4, 0.5) is 4.39 Å². The lowest BCUT2D eigenvalue weighted by atomic mass is 9.90. The molecule has 1 fully saturated rings. The third kappa shape index (κ3) is 1.72. The minimum Gasteiger partial charge on any atom is -0.478 e. The SMILES string of the molecule is O=C(O)c1ccccc1C1(F)CCNC1. The monoisotopic (exact) mass is 209 g/mol. The number of halogens is 1. The lowest BCUT2D eigenvalue weighted by molar-refractivity contribution is 0.0687. The number of benzene rings is 1. The highest BCUT2D eigenvalue weighted by Gasteiger charge is 2.38. The number of carboxylic acids is 1. The Balaban J connectivity index is 2.47. The van der Waals surface area contributed by atoms with E-state index in [9.17, 15) is 9.18 Å². The second-order valence-electron chi connectivity index (χ2n) is 3.74. The smallest absolute Gasteiger partial charge is 0.336 e. The molecule has 1 atom stereocenters. The van der Waals surface area contributed by atoms with E-state index < -0.39 is 11.6 Å². The molecule has 0 aliphatic carbocycles. The summed E-state index contributed by atoms with van der Waals surface area (Å²) in [5.41, 5.74) is -1.19. The van der Waals surface area contributed by atoms with Crippen molar-refractivity contribution in [3.63, 3.8) is 0 Å². The van der Waals surface area contributed by atoms with Gasteiger partial charge < -0.3 is 10.4 Å². The molecule has 1 unspecified atom stereocenters. The van der Waals surface area contributed by atoms with Gasteiger partial charge in [0.15, 0.2) is 0 Å². The zero-order valence-corrected chi connectivity index (χ0v) is 8.16. The molecule has 80 valence electrons. The molecule has 0 amide bonds. The summed E-state index contributed by atoms with van der Waals surface area (Å²) in [6, 6.07) is 6.27. The van der Waals surface area contributed by atoms with Crippen LogP contribution in [0.2, 0.25) is 0 Å². The predicted molar refractivity (Wildman–Crippen MR) is 53.7 cm³/mol. The van der Waals surface area contributed by atoms with Crippen LogP contribution in [-0.2, 0) is 5.67 Å². The highest BCUT2D eigenvalue weighted by atomic mass is 19.1. The van der Waals surface area contributed by atoms with Gasteiger partial charge in [-0.05, 0) is 19.0 Å². The van der Waals surface area contributed by atoms with Gasteiger partial charge in [0, 0.05) is 12.1 Å². The molecule has 2 N–H and O–H groups in total. The Morgan fingerprint density at radius 3 is 2.80 bits per heavy atom. The summed E-state index contributed by atoms with van der Waals surface area (Å²) in [6.07, 6.45) is 0.331. The predicted octanol–water partition coefficient (Wildman–Crippen LogP) is 1.54. The average Bonchev–Trinajstić information content (AvgIpc) is 2.66. The van der Waals surface area contributed by atoms with Crippen LogP contribution < -0.4 is 5.32 Å². The van der Waals surface area contributed by atoms with E-state index in [1.165, 1.54) is 6.07 Å². The Bertz CT molecular complexity index is 386. The van der Waals surface area contributed by atoms with Crippen molar-refractivity contribution in [2.45, 2.75) is 12.1 Å². The summed E-state index contributed by atoms with van der Waals surface area (Å²) < 4.78 is 14.3. The third-order valence-corrected chi connectivity index (χ3v) is 2.74. The molecule has 0 aromatic heterocycles. The average molecular weight is 209 g/mol. The molecular formula is C11H12FNO2. The lowest BCUT2D eigenvalue weighted by Gasteiger charge is -2.20. The molecular weight excluding hydrogens is 197 g/mol. The van der Waals surface area contributed by atoms with E-state index in [0.29, 0.717) is 13.0 Å². The summed E-state index contributed by atoms with van der Waals surface area (Å²) in [7, 11) is 0. The number of rotatable bonds is 2. The minimum atomic E-state index is -1.53. The Morgan fingerprint density at radius 1 is 1.47 bits per heavy atom. The van der Waals surface area contributed by atoms with Gasteiger partial charge in [-0.3, -0.25) is 0 Å². The molecule has 1 aromatic carbocycles. The molecule has 4 heteroatoms. The Labute approximate surface area is 86.9 Å². The summed E-state index contributed by atoms with van der Waals surface area (Å²) in [4.78, 5) is 10.9. The summed E-state index contributed by atoms with van der Waals surface area (Å²) in [6.45, 7) is 0.780. The van der Waals surface area contributed by atoms with Crippen molar-refractivity contribution in [3.05, 3.63) is 35.4 Å². The fourth-order valence-corrected chi connectivity index (χ4v) is 1.95. The van der Waals surface area contributed by atoms with E-state index in [1.54, 1.807) is 18.2 Å². The molecule has 1 aromatic rings. The zero-order valence-electron chi connectivity index (χ0n) is 8.16. The largest absolute Gasteiger partial charge is 0.478 e. The molecule has 3 nitrogen and oxygen atoms in total. The number of aromatic carboxylic acids is 1. The van der Waals surface area contributed by atoms with Gasteiger partial charge in [-0.2, -0.15) is 0 Å². The van der Waals surface area contributed by atoms with Gasteiger partial charge in [-0.25, -0.2) is 9.18 Å². The van der Waals surface area contributed by atoms with Crippen molar-refractivity contribution >= 4 is 5.97 Å². The van der Waals surface area contributed by atoms with Crippen LogP contribution >= 0.6 is 0 Å². The van der Waals surface area contributed by atoms with Crippen LogP contribution in [0.15, 0.2) is 24.3 Å². The van der Waals surface area contributed by atoms with E-state index in [0.717, 1.165) is 0 Å². The van der Waals surface area contributed by atoms with Gasteiger partial charge in [-0.1, -0.05) is 18.2 Å². The van der Waals surface area contributed by atoms with Gasteiger partial charge in [0.25, 0.3) is 0 Å². The normalized spacial score (nSPS) is 25.4. The van der Waals surface area contributed by atoms with Gasteiger partial charge in [0.05, 0.1) is 5.56 Å². The van der Waals surface area contributed by atoms with E-state index in [1.807, 2.05) is 0 Å². The van der Waals surface area contributed by atoms with E-state index in [-0.39, 0.29) is 17.7 Å². The number of hydrogen-bond donors (Lipinski definition) is 2. The van der Waals surface area contributed by atoms with Crippen LogP contribution in [0.25, 0.3) is 0 Å². The first-order chi connectivity index (χ1) is 7.13. The summed E-state index contributed by atoms with van der Waals surface area (Å²) in [5, 5.41) is 11.9.